The molecule has 7 heteroatoms. The van der Waals surface area contributed by atoms with E-state index in [0.29, 0.717) is 36.8 Å². The van der Waals surface area contributed by atoms with E-state index in [1.54, 1.807) is 26.5 Å². The Hall–Kier alpha value is -2.64. The van der Waals surface area contributed by atoms with E-state index in [0.717, 1.165) is 18.7 Å². The Labute approximate surface area is 159 Å². The lowest BCUT2D eigenvalue weighted by Crippen LogP contribution is -2.53. The van der Waals surface area contributed by atoms with Gasteiger partial charge in [0.2, 0.25) is 5.88 Å². The quantitative estimate of drug-likeness (QED) is 0.777. The molecule has 0 bridgehead atoms. The first-order valence-electron chi connectivity index (χ1n) is 8.97. The average Bonchev–Trinajstić information content (AvgIpc) is 2.73. The predicted octanol–water partition coefficient (Wildman–Crippen LogP) is 2.27. The van der Waals surface area contributed by atoms with E-state index in [-0.39, 0.29) is 5.91 Å². The lowest BCUT2D eigenvalue weighted by atomic mass is 9.91. The summed E-state index contributed by atoms with van der Waals surface area (Å²) in [5.41, 5.74) is 0.00947. The van der Waals surface area contributed by atoms with Gasteiger partial charge >= 0.3 is 0 Å². The van der Waals surface area contributed by atoms with Crippen LogP contribution in [-0.2, 0) is 16.1 Å². The average molecular weight is 371 g/mol. The summed E-state index contributed by atoms with van der Waals surface area (Å²) in [6.07, 6.45) is 2.95. The Bertz CT molecular complexity index is 775. The van der Waals surface area contributed by atoms with Gasteiger partial charge in [-0.25, -0.2) is 4.98 Å². The van der Waals surface area contributed by atoms with Crippen molar-refractivity contribution < 1.29 is 19.0 Å². The van der Waals surface area contributed by atoms with E-state index in [9.17, 15) is 4.79 Å². The molecule has 0 unspecified atom stereocenters. The van der Waals surface area contributed by atoms with Crippen LogP contribution in [-0.4, -0.2) is 43.8 Å². The van der Waals surface area contributed by atoms with Gasteiger partial charge in [0, 0.05) is 31.5 Å². The number of pyridine rings is 1. The van der Waals surface area contributed by atoms with Gasteiger partial charge in [-0.3, -0.25) is 4.79 Å². The van der Waals surface area contributed by atoms with Gasteiger partial charge in [0.15, 0.2) is 0 Å². The van der Waals surface area contributed by atoms with Crippen molar-refractivity contribution in [3.8, 4) is 17.4 Å². The van der Waals surface area contributed by atoms with Crippen LogP contribution in [0.1, 0.15) is 18.4 Å². The minimum atomic E-state index is -0.777. The van der Waals surface area contributed by atoms with E-state index < -0.39 is 5.60 Å². The molecule has 1 saturated heterocycles. The molecule has 1 aliphatic rings. The van der Waals surface area contributed by atoms with Gasteiger partial charge < -0.3 is 24.8 Å². The SMILES string of the molecule is COc1cccc(Oc2ncccc2CNC(=O)C2(OC)CCNCC2)c1. The van der Waals surface area contributed by atoms with E-state index in [1.807, 2.05) is 30.3 Å². The zero-order valence-corrected chi connectivity index (χ0v) is 15.7. The number of nitrogens with one attached hydrogen (secondary N) is 2. The van der Waals surface area contributed by atoms with Crippen LogP contribution in [0.5, 0.6) is 17.4 Å². The zero-order valence-electron chi connectivity index (χ0n) is 15.7. The molecule has 0 aliphatic carbocycles. The molecule has 2 N–H and O–H groups in total. The monoisotopic (exact) mass is 371 g/mol. The van der Waals surface area contributed by atoms with Gasteiger partial charge in [-0.05, 0) is 44.1 Å². The Morgan fingerprint density at radius 2 is 1.96 bits per heavy atom. The van der Waals surface area contributed by atoms with Crippen LogP contribution in [0.2, 0.25) is 0 Å². The lowest BCUT2D eigenvalue weighted by Gasteiger charge is -2.34. The predicted molar refractivity (Wildman–Crippen MR) is 101 cm³/mol. The van der Waals surface area contributed by atoms with Crippen LogP contribution in [0.4, 0.5) is 0 Å². The molecule has 7 nitrogen and oxygen atoms in total. The second-order valence-electron chi connectivity index (χ2n) is 6.38. The van der Waals surface area contributed by atoms with E-state index in [4.69, 9.17) is 14.2 Å². The number of methoxy groups -OCH3 is 2. The number of carbonyl (C=O) groups excluding carboxylic acids is 1. The highest BCUT2D eigenvalue weighted by atomic mass is 16.5. The second kappa shape index (κ2) is 8.83. The number of benzene rings is 1. The largest absolute Gasteiger partial charge is 0.497 e. The topological polar surface area (TPSA) is 81.7 Å². The van der Waals surface area contributed by atoms with Crippen molar-refractivity contribution in [3.05, 3.63) is 48.2 Å². The Morgan fingerprint density at radius 1 is 1.19 bits per heavy atom. The Balaban J connectivity index is 1.69. The fourth-order valence-corrected chi connectivity index (χ4v) is 3.12. The van der Waals surface area contributed by atoms with Gasteiger partial charge in [-0.1, -0.05) is 12.1 Å². The number of hydrogen-bond acceptors (Lipinski definition) is 6. The Morgan fingerprint density at radius 3 is 2.70 bits per heavy atom. The summed E-state index contributed by atoms with van der Waals surface area (Å²) >= 11 is 0. The third-order valence-corrected chi connectivity index (χ3v) is 4.76. The standard InChI is InChI=1S/C20H25N3O4/c1-25-16-6-3-7-17(13-16)27-18-15(5-4-10-22-18)14-23-19(24)20(26-2)8-11-21-12-9-20/h3-7,10,13,21H,8-9,11-12,14H2,1-2H3,(H,23,24). The number of amides is 1. The normalized spacial score (nSPS) is 15.8. The van der Waals surface area contributed by atoms with Gasteiger partial charge in [0.1, 0.15) is 17.1 Å². The number of ether oxygens (including phenoxy) is 3. The number of hydrogen-bond donors (Lipinski definition) is 2. The van der Waals surface area contributed by atoms with Crippen LogP contribution < -0.4 is 20.1 Å². The molecule has 1 fully saturated rings. The first-order valence-corrected chi connectivity index (χ1v) is 8.97. The molecule has 3 rings (SSSR count). The maximum atomic E-state index is 12.7. The van der Waals surface area contributed by atoms with Crippen molar-refractivity contribution in [2.75, 3.05) is 27.3 Å². The van der Waals surface area contributed by atoms with Crippen molar-refractivity contribution in [1.82, 2.24) is 15.6 Å². The molecule has 27 heavy (non-hydrogen) atoms. The molecule has 2 aromatic rings. The molecule has 1 amide bonds. The van der Waals surface area contributed by atoms with Crippen molar-refractivity contribution in [3.63, 3.8) is 0 Å². The molecule has 1 aromatic carbocycles. The van der Waals surface area contributed by atoms with Crippen LogP contribution in [0.15, 0.2) is 42.6 Å². The van der Waals surface area contributed by atoms with Crippen LogP contribution in [0, 0.1) is 0 Å². The highest BCUT2D eigenvalue weighted by Crippen LogP contribution is 2.27. The fourth-order valence-electron chi connectivity index (χ4n) is 3.12. The molecular weight excluding hydrogens is 346 g/mol. The second-order valence-corrected chi connectivity index (χ2v) is 6.38. The highest BCUT2D eigenvalue weighted by molar-refractivity contribution is 5.85. The third-order valence-electron chi connectivity index (χ3n) is 4.76. The number of piperidine rings is 1. The van der Waals surface area contributed by atoms with Crippen molar-refractivity contribution >= 4 is 5.91 Å². The molecule has 0 radical (unpaired) electrons. The molecule has 2 heterocycles. The van der Waals surface area contributed by atoms with Crippen LogP contribution >= 0.6 is 0 Å². The maximum absolute atomic E-state index is 12.7. The fraction of sp³-hybridized carbons (Fsp3) is 0.400. The molecule has 1 aromatic heterocycles. The van der Waals surface area contributed by atoms with Gasteiger partial charge in [-0.2, -0.15) is 0 Å². The molecule has 0 atom stereocenters. The summed E-state index contributed by atoms with van der Waals surface area (Å²) in [6.45, 7) is 1.83. The molecule has 0 saturated carbocycles. The Kier molecular flexibility index (Phi) is 6.26. The van der Waals surface area contributed by atoms with Crippen LogP contribution in [0.25, 0.3) is 0 Å². The first-order chi connectivity index (χ1) is 13.2. The van der Waals surface area contributed by atoms with E-state index >= 15 is 0 Å². The molecule has 1 aliphatic heterocycles. The lowest BCUT2D eigenvalue weighted by molar-refractivity contribution is -0.146. The molecular formula is C20H25N3O4. The zero-order chi connectivity index (χ0) is 19.1. The van der Waals surface area contributed by atoms with Gasteiger partial charge in [-0.15, -0.1) is 0 Å². The summed E-state index contributed by atoms with van der Waals surface area (Å²) in [6, 6.07) is 11.0. The molecule has 0 spiro atoms. The number of rotatable bonds is 7. The third kappa shape index (κ3) is 4.56. The summed E-state index contributed by atoms with van der Waals surface area (Å²) in [5.74, 6) is 1.66. The summed E-state index contributed by atoms with van der Waals surface area (Å²) in [5, 5.41) is 6.22. The van der Waals surface area contributed by atoms with E-state index in [1.165, 1.54) is 0 Å². The summed E-state index contributed by atoms with van der Waals surface area (Å²) in [4.78, 5) is 17.0. The highest BCUT2D eigenvalue weighted by Gasteiger charge is 2.39. The van der Waals surface area contributed by atoms with Crippen molar-refractivity contribution in [2.24, 2.45) is 0 Å². The van der Waals surface area contributed by atoms with Crippen LogP contribution in [0.3, 0.4) is 0 Å². The minimum Gasteiger partial charge on any atom is -0.497 e. The maximum Gasteiger partial charge on any atom is 0.252 e. The number of aromatic nitrogens is 1. The van der Waals surface area contributed by atoms with Crippen molar-refractivity contribution in [2.45, 2.75) is 25.0 Å². The van der Waals surface area contributed by atoms with Gasteiger partial charge in [0.25, 0.3) is 5.91 Å². The number of nitrogens with zero attached hydrogens (tertiary/aromatic N) is 1. The van der Waals surface area contributed by atoms with Gasteiger partial charge in [0.05, 0.1) is 7.11 Å². The minimum absolute atomic E-state index is 0.109. The number of carbonyl (C=O) groups is 1. The summed E-state index contributed by atoms with van der Waals surface area (Å²) in [7, 11) is 3.19. The smallest absolute Gasteiger partial charge is 0.252 e. The van der Waals surface area contributed by atoms with Crippen molar-refractivity contribution in [1.29, 1.82) is 0 Å². The molecule has 144 valence electrons. The summed E-state index contributed by atoms with van der Waals surface area (Å²) < 4.78 is 16.7. The van der Waals surface area contributed by atoms with E-state index in [2.05, 4.69) is 15.6 Å². The first kappa shape index (κ1) is 19.1.